The van der Waals surface area contributed by atoms with Gasteiger partial charge in [-0.25, -0.2) is 4.39 Å². The van der Waals surface area contributed by atoms with Crippen LogP contribution < -0.4 is 0 Å². The van der Waals surface area contributed by atoms with Crippen LogP contribution in [0.25, 0.3) is 0 Å². The minimum atomic E-state index is -0.582. The van der Waals surface area contributed by atoms with Gasteiger partial charge in [0, 0.05) is 23.6 Å². The molecule has 8 heteroatoms. The van der Waals surface area contributed by atoms with Gasteiger partial charge in [0.1, 0.15) is 5.82 Å². The van der Waals surface area contributed by atoms with Gasteiger partial charge in [-0.05, 0) is 35.9 Å². The Bertz CT molecular complexity index is 1190. The Morgan fingerprint density at radius 3 is 2.50 bits per heavy atom. The summed E-state index contributed by atoms with van der Waals surface area (Å²) >= 11 is 18.4. The molecule has 0 fully saturated rings. The second-order valence-electron chi connectivity index (χ2n) is 7.36. The van der Waals surface area contributed by atoms with Gasteiger partial charge in [0.15, 0.2) is 6.10 Å². The molecule has 0 saturated heterocycles. The van der Waals surface area contributed by atoms with E-state index in [0.29, 0.717) is 27.2 Å². The van der Waals surface area contributed by atoms with Gasteiger partial charge in [-0.2, -0.15) is 0 Å². The number of rotatable bonds is 6. The molecular formula is C24H18Cl3FN2O2. The van der Waals surface area contributed by atoms with Crippen molar-refractivity contribution in [3.63, 3.8) is 0 Å². The van der Waals surface area contributed by atoms with Crippen LogP contribution in [0, 0.1) is 5.82 Å². The van der Waals surface area contributed by atoms with Crippen molar-refractivity contribution in [1.82, 2.24) is 4.90 Å². The molecule has 1 aliphatic heterocycles. The Kier molecular flexibility index (Phi) is 6.99. The SMILES string of the molecule is O=C(c1ccccc1F)N(Cc1ccccc1Cl)CC1CC(c2ccc(Cl)c(Cl)c2)=NO1. The van der Waals surface area contributed by atoms with Crippen LogP contribution in [0.4, 0.5) is 4.39 Å². The Morgan fingerprint density at radius 1 is 1.00 bits per heavy atom. The van der Waals surface area contributed by atoms with E-state index in [1.54, 1.807) is 30.3 Å². The number of nitrogens with zero attached hydrogens (tertiary/aromatic N) is 2. The molecule has 1 aliphatic rings. The first-order chi connectivity index (χ1) is 15.4. The molecule has 0 spiro atoms. The molecule has 0 radical (unpaired) electrons. The minimum absolute atomic E-state index is 0.0109. The number of carbonyl (C=O) groups excluding carboxylic acids is 1. The van der Waals surface area contributed by atoms with Crippen molar-refractivity contribution in [2.45, 2.75) is 19.1 Å². The lowest BCUT2D eigenvalue weighted by Gasteiger charge is -2.25. The van der Waals surface area contributed by atoms with Crippen molar-refractivity contribution in [2.75, 3.05) is 6.54 Å². The number of halogens is 4. The maximum atomic E-state index is 14.3. The van der Waals surface area contributed by atoms with Crippen LogP contribution >= 0.6 is 34.8 Å². The van der Waals surface area contributed by atoms with E-state index >= 15 is 0 Å². The summed E-state index contributed by atoms with van der Waals surface area (Å²) in [6.45, 7) is 0.404. The van der Waals surface area contributed by atoms with E-state index in [0.717, 1.165) is 11.1 Å². The maximum Gasteiger partial charge on any atom is 0.257 e. The number of hydrogen-bond acceptors (Lipinski definition) is 3. The fraction of sp³-hybridized carbons (Fsp3) is 0.167. The first-order valence-corrected chi connectivity index (χ1v) is 11.0. The zero-order valence-electron chi connectivity index (χ0n) is 16.8. The lowest BCUT2D eigenvalue weighted by Crippen LogP contribution is -2.37. The van der Waals surface area contributed by atoms with Crippen molar-refractivity contribution in [3.8, 4) is 0 Å². The molecule has 0 bridgehead atoms. The summed E-state index contributed by atoms with van der Waals surface area (Å²) in [5, 5.41) is 5.56. The van der Waals surface area contributed by atoms with Crippen LogP contribution in [0.1, 0.15) is 27.9 Å². The summed E-state index contributed by atoms with van der Waals surface area (Å²) in [6, 6.07) is 18.4. The van der Waals surface area contributed by atoms with Gasteiger partial charge in [-0.3, -0.25) is 4.79 Å². The fourth-order valence-corrected chi connectivity index (χ4v) is 3.97. The molecular weight excluding hydrogens is 474 g/mol. The quantitative estimate of drug-likeness (QED) is 0.389. The number of carbonyl (C=O) groups is 1. The molecule has 1 atom stereocenters. The summed E-state index contributed by atoms with van der Waals surface area (Å²) in [5.41, 5.74) is 2.23. The number of oxime groups is 1. The molecule has 0 N–H and O–H groups in total. The van der Waals surface area contributed by atoms with Crippen molar-refractivity contribution >= 4 is 46.4 Å². The Labute approximate surface area is 200 Å². The predicted molar refractivity (Wildman–Crippen MR) is 125 cm³/mol. The van der Waals surface area contributed by atoms with Crippen LogP contribution in [0.3, 0.4) is 0 Å². The highest BCUT2D eigenvalue weighted by Gasteiger charge is 2.29. The predicted octanol–water partition coefficient (Wildman–Crippen LogP) is 6.62. The molecule has 164 valence electrons. The molecule has 1 heterocycles. The summed E-state index contributed by atoms with van der Waals surface area (Å²) in [4.78, 5) is 20.3. The third-order valence-corrected chi connectivity index (χ3v) is 6.23. The molecule has 0 aromatic heterocycles. The van der Waals surface area contributed by atoms with E-state index in [9.17, 15) is 9.18 Å². The average Bonchev–Trinajstić information content (AvgIpc) is 3.25. The zero-order chi connectivity index (χ0) is 22.7. The van der Waals surface area contributed by atoms with Crippen molar-refractivity contribution < 1.29 is 14.0 Å². The van der Waals surface area contributed by atoms with E-state index in [-0.39, 0.29) is 18.7 Å². The van der Waals surface area contributed by atoms with Gasteiger partial charge < -0.3 is 9.74 Å². The molecule has 0 saturated carbocycles. The van der Waals surface area contributed by atoms with E-state index in [4.69, 9.17) is 39.6 Å². The second kappa shape index (κ2) is 9.90. The summed E-state index contributed by atoms with van der Waals surface area (Å²) < 4.78 is 14.3. The van der Waals surface area contributed by atoms with Gasteiger partial charge in [0.05, 0.1) is 27.9 Å². The summed E-state index contributed by atoms with van der Waals surface area (Å²) in [5.74, 6) is -1.03. The molecule has 3 aromatic carbocycles. The molecule has 32 heavy (non-hydrogen) atoms. The standard InChI is InChI=1S/C24H18Cl3FN2O2/c25-19-7-3-1-5-16(19)13-30(24(31)18-6-2-4-8-22(18)28)14-17-12-23(29-32-17)15-9-10-20(26)21(27)11-15/h1-11,17H,12-14H2. The van der Waals surface area contributed by atoms with E-state index in [1.165, 1.54) is 17.0 Å². The van der Waals surface area contributed by atoms with Gasteiger partial charge in [0.25, 0.3) is 5.91 Å². The van der Waals surface area contributed by atoms with E-state index in [1.807, 2.05) is 24.3 Å². The smallest absolute Gasteiger partial charge is 0.257 e. The Balaban J connectivity index is 1.54. The van der Waals surface area contributed by atoms with E-state index < -0.39 is 17.8 Å². The third-order valence-electron chi connectivity index (χ3n) is 5.12. The summed E-state index contributed by atoms with van der Waals surface area (Å²) in [7, 11) is 0. The third kappa shape index (κ3) is 5.07. The molecule has 4 rings (SSSR count). The normalized spacial score (nSPS) is 15.2. The van der Waals surface area contributed by atoms with Crippen LogP contribution in [-0.4, -0.2) is 29.2 Å². The topological polar surface area (TPSA) is 41.9 Å². The lowest BCUT2D eigenvalue weighted by molar-refractivity contribution is 0.0402. The van der Waals surface area contributed by atoms with Gasteiger partial charge in [-0.15, -0.1) is 0 Å². The highest BCUT2D eigenvalue weighted by molar-refractivity contribution is 6.42. The average molecular weight is 492 g/mol. The fourth-order valence-electron chi connectivity index (χ4n) is 3.47. The highest BCUT2D eigenvalue weighted by atomic mass is 35.5. The Morgan fingerprint density at radius 2 is 1.75 bits per heavy atom. The maximum absolute atomic E-state index is 14.3. The monoisotopic (exact) mass is 490 g/mol. The van der Waals surface area contributed by atoms with Crippen LogP contribution in [-0.2, 0) is 11.4 Å². The molecule has 1 unspecified atom stereocenters. The first kappa shape index (κ1) is 22.6. The van der Waals surface area contributed by atoms with Crippen molar-refractivity contribution in [2.24, 2.45) is 5.16 Å². The van der Waals surface area contributed by atoms with Crippen LogP contribution in [0.5, 0.6) is 0 Å². The van der Waals surface area contributed by atoms with Crippen LogP contribution in [0.2, 0.25) is 15.1 Å². The molecule has 4 nitrogen and oxygen atoms in total. The van der Waals surface area contributed by atoms with Gasteiger partial charge >= 0.3 is 0 Å². The number of hydrogen-bond donors (Lipinski definition) is 0. The van der Waals surface area contributed by atoms with E-state index in [2.05, 4.69) is 5.16 Å². The molecule has 1 amide bonds. The van der Waals surface area contributed by atoms with Gasteiger partial charge in [0.2, 0.25) is 0 Å². The highest BCUT2D eigenvalue weighted by Crippen LogP contribution is 2.27. The number of benzene rings is 3. The first-order valence-electron chi connectivity index (χ1n) is 9.87. The minimum Gasteiger partial charge on any atom is -0.390 e. The van der Waals surface area contributed by atoms with Crippen molar-refractivity contribution in [1.29, 1.82) is 0 Å². The van der Waals surface area contributed by atoms with Gasteiger partial charge in [-0.1, -0.05) is 76.4 Å². The number of amides is 1. The zero-order valence-corrected chi connectivity index (χ0v) is 19.0. The molecule has 0 aliphatic carbocycles. The van der Waals surface area contributed by atoms with Crippen LogP contribution in [0.15, 0.2) is 71.9 Å². The Hall–Kier alpha value is -2.60. The van der Waals surface area contributed by atoms with Crippen molar-refractivity contribution in [3.05, 3.63) is 104 Å². The lowest BCUT2D eigenvalue weighted by atomic mass is 10.0. The second-order valence-corrected chi connectivity index (χ2v) is 8.58. The molecule has 3 aromatic rings. The largest absolute Gasteiger partial charge is 0.390 e. The summed E-state index contributed by atoms with van der Waals surface area (Å²) in [6.07, 6.45) is 0.0549.